The van der Waals surface area contributed by atoms with Crippen molar-refractivity contribution < 1.29 is 32.5 Å². The van der Waals surface area contributed by atoms with E-state index in [1.54, 1.807) is 30.3 Å². The van der Waals surface area contributed by atoms with Gasteiger partial charge in [0.15, 0.2) is 11.5 Å². The quantitative estimate of drug-likeness (QED) is 0.236. The molecular formula is C22H17F3N4O6. The van der Waals surface area contributed by atoms with Crippen LogP contribution >= 0.6 is 0 Å². The highest BCUT2D eigenvalue weighted by Crippen LogP contribution is 2.35. The molecule has 0 heterocycles. The predicted octanol–water partition coefficient (Wildman–Crippen LogP) is 5.56. The Labute approximate surface area is 195 Å². The Morgan fingerprint density at radius 2 is 1.69 bits per heavy atom. The summed E-state index contributed by atoms with van der Waals surface area (Å²) < 4.78 is 49.4. The van der Waals surface area contributed by atoms with Gasteiger partial charge in [0, 0.05) is 18.2 Å². The molecule has 0 bridgehead atoms. The van der Waals surface area contributed by atoms with Crippen LogP contribution < -0.4 is 14.9 Å². The van der Waals surface area contributed by atoms with E-state index in [0.717, 1.165) is 6.07 Å². The van der Waals surface area contributed by atoms with E-state index in [-0.39, 0.29) is 18.0 Å². The maximum atomic E-state index is 12.8. The van der Waals surface area contributed by atoms with Crippen LogP contribution in [0.1, 0.15) is 16.7 Å². The zero-order valence-electron chi connectivity index (χ0n) is 18.0. The lowest BCUT2D eigenvalue weighted by molar-refractivity contribution is -0.384. The molecule has 0 aliphatic carbocycles. The van der Waals surface area contributed by atoms with Crippen molar-refractivity contribution in [1.29, 1.82) is 0 Å². The van der Waals surface area contributed by atoms with Gasteiger partial charge < -0.3 is 9.47 Å². The summed E-state index contributed by atoms with van der Waals surface area (Å²) in [5, 5.41) is 25.7. The number of halogens is 3. The van der Waals surface area contributed by atoms with Crippen LogP contribution in [0.25, 0.3) is 0 Å². The lowest BCUT2D eigenvalue weighted by Crippen LogP contribution is -2.06. The van der Waals surface area contributed by atoms with Crippen LogP contribution in [0.3, 0.4) is 0 Å². The number of hydrogen-bond acceptors (Lipinski definition) is 8. The number of nitrogens with zero attached hydrogens (tertiary/aromatic N) is 3. The highest BCUT2D eigenvalue weighted by atomic mass is 19.4. The number of hydrazone groups is 1. The number of benzene rings is 3. The lowest BCUT2D eigenvalue weighted by atomic mass is 10.1. The van der Waals surface area contributed by atoms with Gasteiger partial charge in [0.2, 0.25) is 0 Å². The van der Waals surface area contributed by atoms with Gasteiger partial charge in [-0.15, -0.1) is 0 Å². The molecule has 3 aromatic carbocycles. The number of anilines is 1. The highest BCUT2D eigenvalue weighted by Gasteiger charge is 2.33. The van der Waals surface area contributed by atoms with Crippen molar-refractivity contribution in [3.05, 3.63) is 97.6 Å². The summed E-state index contributed by atoms with van der Waals surface area (Å²) >= 11 is 0. The monoisotopic (exact) mass is 490 g/mol. The van der Waals surface area contributed by atoms with E-state index in [4.69, 9.17) is 9.47 Å². The number of hydrogen-bond donors (Lipinski definition) is 1. The molecule has 0 spiro atoms. The van der Waals surface area contributed by atoms with Crippen LogP contribution in [-0.4, -0.2) is 23.2 Å². The van der Waals surface area contributed by atoms with Crippen molar-refractivity contribution >= 4 is 23.3 Å². The molecule has 0 saturated heterocycles. The standard InChI is InChI=1S/C22H17F3N4O6/c1-34-21-10-15(4-9-20(21)35-13-14-2-6-17(7-3-14)28(30)31)12-26-27-18-8-5-16(22(23,24)25)11-19(18)29(32)33/h2-12,27H,13H2,1H3/b26-12-. The largest absolute Gasteiger partial charge is 0.493 e. The maximum absolute atomic E-state index is 12.8. The molecule has 0 amide bonds. The molecule has 10 nitrogen and oxygen atoms in total. The van der Waals surface area contributed by atoms with Crippen molar-refractivity contribution in [2.24, 2.45) is 5.10 Å². The van der Waals surface area contributed by atoms with Crippen molar-refractivity contribution in [2.45, 2.75) is 12.8 Å². The molecule has 1 N–H and O–H groups in total. The van der Waals surface area contributed by atoms with Crippen molar-refractivity contribution in [2.75, 3.05) is 12.5 Å². The SMILES string of the molecule is COc1cc(/C=N\Nc2ccc(C(F)(F)F)cc2[N+](=O)[O-])ccc1OCc1ccc([N+](=O)[O-])cc1. The maximum Gasteiger partial charge on any atom is 0.416 e. The molecule has 0 unspecified atom stereocenters. The van der Waals surface area contributed by atoms with E-state index in [1.807, 2.05) is 0 Å². The molecule has 0 atom stereocenters. The molecule has 0 aliphatic rings. The first-order valence-electron chi connectivity index (χ1n) is 9.77. The molecule has 182 valence electrons. The predicted molar refractivity (Wildman–Crippen MR) is 120 cm³/mol. The minimum absolute atomic E-state index is 0.0368. The Hall–Kier alpha value is -4.68. The number of methoxy groups -OCH3 is 1. The van der Waals surface area contributed by atoms with Crippen LogP contribution in [0.2, 0.25) is 0 Å². The molecule has 35 heavy (non-hydrogen) atoms. The van der Waals surface area contributed by atoms with Gasteiger partial charge in [-0.3, -0.25) is 25.7 Å². The molecule has 3 rings (SSSR count). The molecule has 0 fully saturated rings. The number of non-ortho nitro benzene ring substituents is 1. The number of ether oxygens (including phenoxy) is 2. The number of alkyl halides is 3. The van der Waals surface area contributed by atoms with Gasteiger partial charge in [0.25, 0.3) is 11.4 Å². The Bertz CT molecular complexity index is 1260. The van der Waals surface area contributed by atoms with E-state index in [1.165, 1.54) is 25.5 Å². The van der Waals surface area contributed by atoms with Gasteiger partial charge in [-0.2, -0.15) is 18.3 Å². The van der Waals surface area contributed by atoms with E-state index in [9.17, 15) is 33.4 Å². The van der Waals surface area contributed by atoms with Crippen LogP contribution in [-0.2, 0) is 12.8 Å². The number of nitro benzene ring substituents is 2. The minimum atomic E-state index is -4.72. The van der Waals surface area contributed by atoms with Crippen LogP contribution in [0.4, 0.5) is 30.2 Å². The first kappa shape index (κ1) is 25.0. The zero-order chi connectivity index (χ0) is 25.6. The fraction of sp³-hybridized carbons (Fsp3) is 0.136. The third-order valence-electron chi connectivity index (χ3n) is 4.65. The summed E-state index contributed by atoms with van der Waals surface area (Å²) in [4.78, 5) is 20.4. The van der Waals surface area contributed by atoms with Gasteiger partial charge >= 0.3 is 6.18 Å². The van der Waals surface area contributed by atoms with Crippen LogP contribution in [0.5, 0.6) is 11.5 Å². The number of nitrogens with one attached hydrogen (secondary N) is 1. The molecule has 13 heteroatoms. The Morgan fingerprint density at radius 1 is 0.971 bits per heavy atom. The minimum Gasteiger partial charge on any atom is -0.493 e. The van der Waals surface area contributed by atoms with Gasteiger partial charge in [0.05, 0.1) is 28.7 Å². The fourth-order valence-corrected chi connectivity index (χ4v) is 2.89. The van der Waals surface area contributed by atoms with Gasteiger partial charge in [-0.1, -0.05) is 0 Å². The summed E-state index contributed by atoms with van der Waals surface area (Å²) in [5.41, 5.74) is 1.41. The number of nitro groups is 2. The normalized spacial score (nSPS) is 11.3. The summed E-state index contributed by atoms with van der Waals surface area (Å²) in [6.45, 7) is 0.126. The highest BCUT2D eigenvalue weighted by molar-refractivity contribution is 5.82. The van der Waals surface area contributed by atoms with Gasteiger partial charge in [0.1, 0.15) is 12.3 Å². The third-order valence-corrected chi connectivity index (χ3v) is 4.65. The molecule has 0 radical (unpaired) electrons. The molecular weight excluding hydrogens is 473 g/mol. The third kappa shape index (κ3) is 6.43. The van der Waals surface area contributed by atoms with Crippen LogP contribution in [0.15, 0.2) is 65.8 Å². The average Bonchev–Trinajstić information content (AvgIpc) is 2.82. The fourth-order valence-electron chi connectivity index (χ4n) is 2.89. The second-order valence-electron chi connectivity index (χ2n) is 6.98. The van der Waals surface area contributed by atoms with Crippen molar-refractivity contribution in [3.63, 3.8) is 0 Å². The second-order valence-corrected chi connectivity index (χ2v) is 6.98. The topological polar surface area (TPSA) is 129 Å². The molecule has 0 saturated carbocycles. The van der Waals surface area contributed by atoms with Crippen molar-refractivity contribution in [1.82, 2.24) is 0 Å². The zero-order valence-corrected chi connectivity index (χ0v) is 18.0. The molecule has 0 aromatic heterocycles. The second kappa shape index (κ2) is 10.5. The Kier molecular flexibility index (Phi) is 7.49. The summed E-state index contributed by atoms with van der Waals surface area (Å²) in [6, 6.07) is 12.7. The Morgan fingerprint density at radius 3 is 2.29 bits per heavy atom. The average molecular weight is 490 g/mol. The van der Waals surface area contributed by atoms with E-state index >= 15 is 0 Å². The lowest BCUT2D eigenvalue weighted by Gasteiger charge is -2.11. The van der Waals surface area contributed by atoms with Crippen molar-refractivity contribution in [3.8, 4) is 11.5 Å². The smallest absolute Gasteiger partial charge is 0.416 e. The molecule has 3 aromatic rings. The first-order valence-corrected chi connectivity index (χ1v) is 9.77. The van der Waals surface area contributed by atoms with E-state index in [0.29, 0.717) is 34.8 Å². The van der Waals surface area contributed by atoms with Gasteiger partial charge in [-0.05, 0) is 53.6 Å². The summed E-state index contributed by atoms with van der Waals surface area (Å²) in [5.74, 6) is 0.728. The summed E-state index contributed by atoms with van der Waals surface area (Å²) in [6.07, 6.45) is -3.42. The Balaban J connectivity index is 1.70. The summed E-state index contributed by atoms with van der Waals surface area (Å²) in [7, 11) is 1.42. The first-order chi connectivity index (χ1) is 16.6. The van der Waals surface area contributed by atoms with Crippen LogP contribution in [0, 0.1) is 20.2 Å². The molecule has 0 aliphatic heterocycles. The van der Waals surface area contributed by atoms with Gasteiger partial charge in [-0.25, -0.2) is 0 Å². The number of rotatable bonds is 9. The van der Waals surface area contributed by atoms with E-state index < -0.39 is 27.3 Å². The van der Waals surface area contributed by atoms with E-state index in [2.05, 4.69) is 10.5 Å².